The first-order chi connectivity index (χ1) is 9.20. The second-order valence-corrected chi connectivity index (χ2v) is 5.56. The maximum atomic E-state index is 12.1. The van der Waals surface area contributed by atoms with E-state index < -0.39 is 0 Å². The molecule has 1 saturated carbocycles. The summed E-state index contributed by atoms with van der Waals surface area (Å²) in [5.74, 6) is 0.155. The minimum atomic E-state index is -0.106. The third-order valence-corrected chi connectivity index (χ3v) is 4.06. The van der Waals surface area contributed by atoms with Gasteiger partial charge in [0.1, 0.15) is 6.61 Å². The Morgan fingerprint density at radius 3 is 2.63 bits per heavy atom. The third-order valence-electron chi connectivity index (χ3n) is 3.81. The summed E-state index contributed by atoms with van der Waals surface area (Å²) >= 11 is 5.81. The van der Waals surface area contributed by atoms with Gasteiger partial charge < -0.3 is 10.5 Å². The SMILES string of the molecule is NCC1CCCCC1C(=O)OCc1ccc(Cl)cc1. The zero-order valence-corrected chi connectivity index (χ0v) is 11.7. The summed E-state index contributed by atoms with van der Waals surface area (Å²) in [6, 6.07) is 7.34. The summed E-state index contributed by atoms with van der Waals surface area (Å²) in [6.07, 6.45) is 4.21. The van der Waals surface area contributed by atoms with E-state index in [1.54, 1.807) is 12.1 Å². The molecule has 0 amide bonds. The molecule has 1 fully saturated rings. The molecular weight excluding hydrogens is 262 g/mol. The van der Waals surface area contributed by atoms with Gasteiger partial charge in [0.2, 0.25) is 0 Å². The molecule has 1 aromatic rings. The van der Waals surface area contributed by atoms with Crippen LogP contribution in [0.25, 0.3) is 0 Å². The zero-order chi connectivity index (χ0) is 13.7. The van der Waals surface area contributed by atoms with Crippen molar-refractivity contribution in [3.63, 3.8) is 0 Å². The van der Waals surface area contributed by atoms with Crippen LogP contribution in [0.15, 0.2) is 24.3 Å². The number of rotatable bonds is 4. The van der Waals surface area contributed by atoms with Crippen molar-refractivity contribution in [1.82, 2.24) is 0 Å². The van der Waals surface area contributed by atoms with Crippen molar-refractivity contribution in [2.75, 3.05) is 6.54 Å². The molecule has 2 rings (SSSR count). The van der Waals surface area contributed by atoms with Gasteiger partial charge in [0.05, 0.1) is 5.92 Å². The maximum absolute atomic E-state index is 12.1. The lowest BCUT2D eigenvalue weighted by Crippen LogP contribution is -2.33. The summed E-state index contributed by atoms with van der Waals surface area (Å²) < 4.78 is 5.40. The van der Waals surface area contributed by atoms with Crippen LogP contribution >= 0.6 is 11.6 Å². The number of nitrogens with two attached hydrogens (primary N) is 1. The molecule has 0 bridgehead atoms. The van der Waals surface area contributed by atoms with Gasteiger partial charge in [-0.3, -0.25) is 4.79 Å². The van der Waals surface area contributed by atoms with Crippen molar-refractivity contribution in [1.29, 1.82) is 0 Å². The molecule has 4 heteroatoms. The van der Waals surface area contributed by atoms with Crippen LogP contribution in [0.2, 0.25) is 5.02 Å². The standard InChI is InChI=1S/C15H20ClNO2/c16-13-7-5-11(6-8-13)10-19-15(18)14-4-2-1-3-12(14)9-17/h5-8,12,14H,1-4,9-10,17H2. The number of hydrogen-bond donors (Lipinski definition) is 1. The first-order valence-corrected chi connectivity index (χ1v) is 7.19. The number of carbonyl (C=O) groups is 1. The fourth-order valence-corrected chi connectivity index (χ4v) is 2.77. The fourth-order valence-electron chi connectivity index (χ4n) is 2.64. The van der Waals surface area contributed by atoms with Gasteiger partial charge in [-0.2, -0.15) is 0 Å². The predicted molar refractivity (Wildman–Crippen MR) is 75.8 cm³/mol. The van der Waals surface area contributed by atoms with Crippen LogP contribution in [0.3, 0.4) is 0 Å². The molecule has 1 aromatic carbocycles. The molecular formula is C15H20ClNO2. The van der Waals surface area contributed by atoms with Gasteiger partial charge in [0, 0.05) is 5.02 Å². The number of hydrogen-bond acceptors (Lipinski definition) is 3. The maximum Gasteiger partial charge on any atom is 0.309 e. The molecule has 1 aliphatic rings. The lowest BCUT2D eigenvalue weighted by atomic mass is 9.79. The highest BCUT2D eigenvalue weighted by molar-refractivity contribution is 6.30. The fraction of sp³-hybridized carbons (Fsp3) is 0.533. The molecule has 0 aliphatic heterocycles. The largest absolute Gasteiger partial charge is 0.461 e. The van der Waals surface area contributed by atoms with Crippen LogP contribution < -0.4 is 5.73 Å². The second-order valence-electron chi connectivity index (χ2n) is 5.12. The van der Waals surface area contributed by atoms with Crippen molar-refractivity contribution in [3.05, 3.63) is 34.9 Å². The van der Waals surface area contributed by atoms with Crippen molar-refractivity contribution in [2.24, 2.45) is 17.6 Å². The summed E-state index contributed by atoms with van der Waals surface area (Å²) in [5.41, 5.74) is 6.69. The lowest BCUT2D eigenvalue weighted by Gasteiger charge is -2.28. The smallest absolute Gasteiger partial charge is 0.309 e. The van der Waals surface area contributed by atoms with Gasteiger partial charge in [0.25, 0.3) is 0 Å². The highest BCUT2D eigenvalue weighted by Crippen LogP contribution is 2.30. The summed E-state index contributed by atoms with van der Waals surface area (Å²) in [4.78, 5) is 12.1. The van der Waals surface area contributed by atoms with Crippen LogP contribution in [-0.4, -0.2) is 12.5 Å². The van der Waals surface area contributed by atoms with Crippen molar-refractivity contribution in [3.8, 4) is 0 Å². The van der Waals surface area contributed by atoms with E-state index in [-0.39, 0.29) is 17.8 Å². The minimum absolute atomic E-state index is 0.0222. The molecule has 0 heterocycles. The van der Waals surface area contributed by atoms with E-state index in [1.807, 2.05) is 12.1 Å². The van der Waals surface area contributed by atoms with Gasteiger partial charge >= 0.3 is 5.97 Å². The monoisotopic (exact) mass is 281 g/mol. The number of carbonyl (C=O) groups excluding carboxylic acids is 1. The molecule has 3 nitrogen and oxygen atoms in total. The Hall–Kier alpha value is -1.06. The van der Waals surface area contributed by atoms with E-state index in [0.29, 0.717) is 18.2 Å². The van der Waals surface area contributed by atoms with Gasteiger partial charge in [-0.05, 0) is 43.0 Å². The average molecular weight is 282 g/mol. The molecule has 2 unspecified atom stereocenters. The molecule has 2 N–H and O–H groups in total. The van der Waals surface area contributed by atoms with Gasteiger partial charge in [0.15, 0.2) is 0 Å². The number of benzene rings is 1. The highest BCUT2D eigenvalue weighted by Gasteiger charge is 2.31. The highest BCUT2D eigenvalue weighted by atomic mass is 35.5. The van der Waals surface area contributed by atoms with Crippen LogP contribution in [-0.2, 0) is 16.1 Å². The normalized spacial score (nSPS) is 23.1. The van der Waals surface area contributed by atoms with Gasteiger partial charge in [-0.15, -0.1) is 0 Å². The molecule has 0 saturated heterocycles. The number of ether oxygens (including phenoxy) is 1. The Balaban J connectivity index is 1.87. The van der Waals surface area contributed by atoms with E-state index in [1.165, 1.54) is 6.42 Å². The molecule has 0 radical (unpaired) electrons. The van der Waals surface area contributed by atoms with Gasteiger partial charge in [-0.1, -0.05) is 36.6 Å². The Labute approximate surface area is 119 Å². The Kier molecular flexibility index (Phi) is 5.23. The van der Waals surface area contributed by atoms with Gasteiger partial charge in [-0.25, -0.2) is 0 Å². The van der Waals surface area contributed by atoms with Crippen molar-refractivity contribution < 1.29 is 9.53 Å². The second kappa shape index (κ2) is 6.92. The number of esters is 1. The first-order valence-electron chi connectivity index (χ1n) is 6.82. The minimum Gasteiger partial charge on any atom is -0.461 e. The summed E-state index contributed by atoms with van der Waals surface area (Å²) in [7, 11) is 0. The van der Waals surface area contributed by atoms with E-state index in [0.717, 1.165) is 24.8 Å². The molecule has 0 spiro atoms. The Bertz CT molecular complexity index is 419. The topological polar surface area (TPSA) is 52.3 Å². The van der Waals surface area contributed by atoms with Crippen LogP contribution in [0.5, 0.6) is 0 Å². The Morgan fingerprint density at radius 2 is 1.95 bits per heavy atom. The summed E-state index contributed by atoms with van der Waals surface area (Å²) in [6.45, 7) is 0.879. The van der Waals surface area contributed by atoms with Crippen LogP contribution in [0.1, 0.15) is 31.2 Å². The first kappa shape index (κ1) is 14.4. The molecule has 19 heavy (non-hydrogen) atoms. The Morgan fingerprint density at radius 1 is 1.26 bits per heavy atom. The molecule has 104 valence electrons. The average Bonchev–Trinajstić information content (AvgIpc) is 2.46. The van der Waals surface area contributed by atoms with E-state index in [4.69, 9.17) is 22.1 Å². The lowest BCUT2D eigenvalue weighted by molar-refractivity contribution is -0.153. The van der Waals surface area contributed by atoms with Crippen molar-refractivity contribution in [2.45, 2.75) is 32.3 Å². The van der Waals surface area contributed by atoms with Crippen molar-refractivity contribution >= 4 is 17.6 Å². The van der Waals surface area contributed by atoms with E-state index in [2.05, 4.69) is 0 Å². The van der Waals surface area contributed by atoms with E-state index >= 15 is 0 Å². The predicted octanol–water partition coefficient (Wildman–Crippen LogP) is 3.15. The van der Waals surface area contributed by atoms with E-state index in [9.17, 15) is 4.79 Å². The zero-order valence-electron chi connectivity index (χ0n) is 11.0. The summed E-state index contributed by atoms with van der Waals surface area (Å²) in [5, 5.41) is 0.686. The molecule has 2 atom stereocenters. The number of halogens is 1. The molecule has 0 aromatic heterocycles. The third kappa shape index (κ3) is 3.95. The van der Waals surface area contributed by atoms with Crippen LogP contribution in [0, 0.1) is 11.8 Å². The quantitative estimate of drug-likeness (QED) is 0.863. The van der Waals surface area contributed by atoms with Crippen LogP contribution in [0.4, 0.5) is 0 Å². The molecule has 1 aliphatic carbocycles.